The molecular weight excluding hydrogens is 244 g/mol. The smallest absolute Gasteiger partial charge is 0.261 e. The zero-order chi connectivity index (χ0) is 13.5. The molecule has 0 saturated carbocycles. The van der Waals surface area contributed by atoms with Crippen molar-refractivity contribution in [3.8, 4) is 5.75 Å². The summed E-state index contributed by atoms with van der Waals surface area (Å²) in [5.41, 5.74) is 0. The molecule has 0 bridgehead atoms. The lowest BCUT2D eigenvalue weighted by molar-refractivity contribution is -0.128. The van der Waals surface area contributed by atoms with Gasteiger partial charge in [0.05, 0.1) is 6.54 Å². The molecule has 19 heavy (non-hydrogen) atoms. The highest BCUT2D eigenvalue weighted by molar-refractivity contribution is 5.80. The van der Waals surface area contributed by atoms with Crippen molar-refractivity contribution in [3.63, 3.8) is 0 Å². The summed E-state index contributed by atoms with van der Waals surface area (Å²) in [6.07, 6.45) is 1.49. The number of hydrogen-bond acceptors (Lipinski definition) is 4. The molecule has 0 fully saturated rings. The van der Waals surface area contributed by atoms with Crippen LogP contribution in [0, 0.1) is 0 Å². The van der Waals surface area contributed by atoms with E-state index in [1.54, 1.807) is 0 Å². The lowest BCUT2D eigenvalue weighted by Crippen LogP contribution is -2.37. The van der Waals surface area contributed by atoms with Crippen molar-refractivity contribution in [1.82, 2.24) is 20.5 Å². The van der Waals surface area contributed by atoms with Crippen LogP contribution in [0.15, 0.2) is 36.7 Å². The van der Waals surface area contributed by atoms with Crippen LogP contribution in [-0.2, 0) is 11.3 Å². The van der Waals surface area contributed by atoms with Crippen molar-refractivity contribution in [3.05, 3.63) is 42.5 Å². The Morgan fingerprint density at radius 2 is 2.21 bits per heavy atom. The first-order valence-corrected chi connectivity index (χ1v) is 6.13. The van der Waals surface area contributed by atoms with Gasteiger partial charge >= 0.3 is 0 Å². The van der Waals surface area contributed by atoms with Crippen LogP contribution in [0.1, 0.15) is 19.2 Å². The first-order chi connectivity index (χ1) is 9.29. The van der Waals surface area contributed by atoms with Crippen LogP contribution in [0.25, 0.3) is 0 Å². The van der Waals surface area contributed by atoms with Gasteiger partial charge in [-0.05, 0) is 18.6 Å². The van der Waals surface area contributed by atoms with Crippen LogP contribution in [0.4, 0.5) is 0 Å². The highest BCUT2D eigenvalue weighted by atomic mass is 16.5. The molecule has 2 aromatic rings. The SMILES string of the molecule is CCC(Oc1ccccc1)C(=O)NCc1ncn[nH]1. The Labute approximate surface area is 111 Å². The fourth-order valence-corrected chi connectivity index (χ4v) is 1.59. The van der Waals surface area contributed by atoms with E-state index in [0.29, 0.717) is 24.5 Å². The van der Waals surface area contributed by atoms with E-state index in [1.165, 1.54) is 6.33 Å². The Kier molecular flexibility index (Phi) is 4.49. The van der Waals surface area contributed by atoms with E-state index in [4.69, 9.17) is 4.74 Å². The van der Waals surface area contributed by atoms with Gasteiger partial charge in [0.25, 0.3) is 5.91 Å². The number of H-pyrrole nitrogens is 1. The molecule has 0 saturated heterocycles. The maximum atomic E-state index is 12.0. The Bertz CT molecular complexity index is 499. The van der Waals surface area contributed by atoms with Crippen LogP contribution >= 0.6 is 0 Å². The van der Waals surface area contributed by atoms with E-state index >= 15 is 0 Å². The lowest BCUT2D eigenvalue weighted by atomic mass is 10.2. The molecule has 1 aromatic carbocycles. The third-order valence-electron chi connectivity index (χ3n) is 2.58. The molecule has 1 unspecified atom stereocenters. The minimum Gasteiger partial charge on any atom is -0.481 e. The fraction of sp³-hybridized carbons (Fsp3) is 0.308. The first kappa shape index (κ1) is 13.1. The Balaban J connectivity index is 1.88. The second-order valence-corrected chi connectivity index (χ2v) is 3.98. The maximum absolute atomic E-state index is 12.0. The molecule has 1 amide bonds. The number of nitrogens with one attached hydrogen (secondary N) is 2. The first-order valence-electron chi connectivity index (χ1n) is 6.13. The number of carbonyl (C=O) groups excluding carboxylic acids is 1. The summed E-state index contributed by atoms with van der Waals surface area (Å²) in [4.78, 5) is 15.9. The summed E-state index contributed by atoms with van der Waals surface area (Å²) in [5, 5.41) is 9.16. The van der Waals surface area contributed by atoms with Gasteiger partial charge in [-0.2, -0.15) is 5.10 Å². The average Bonchev–Trinajstić information content (AvgIpc) is 2.96. The minimum atomic E-state index is -0.509. The van der Waals surface area contributed by atoms with E-state index in [9.17, 15) is 4.79 Å². The highest BCUT2D eigenvalue weighted by Crippen LogP contribution is 2.12. The van der Waals surface area contributed by atoms with Gasteiger partial charge < -0.3 is 10.1 Å². The molecular formula is C13H16N4O2. The van der Waals surface area contributed by atoms with Crippen molar-refractivity contribution >= 4 is 5.91 Å². The zero-order valence-electron chi connectivity index (χ0n) is 10.7. The summed E-state index contributed by atoms with van der Waals surface area (Å²) in [7, 11) is 0. The second-order valence-electron chi connectivity index (χ2n) is 3.98. The Morgan fingerprint density at radius 3 is 2.84 bits per heavy atom. The number of rotatable bonds is 6. The van der Waals surface area contributed by atoms with Crippen LogP contribution < -0.4 is 10.1 Å². The van der Waals surface area contributed by atoms with Gasteiger partial charge in [0.15, 0.2) is 6.10 Å². The van der Waals surface area contributed by atoms with E-state index in [-0.39, 0.29) is 5.91 Å². The second kappa shape index (κ2) is 6.53. The van der Waals surface area contributed by atoms with Crippen LogP contribution in [-0.4, -0.2) is 27.2 Å². The van der Waals surface area contributed by atoms with Gasteiger partial charge in [-0.1, -0.05) is 25.1 Å². The van der Waals surface area contributed by atoms with E-state index < -0.39 is 6.10 Å². The number of benzene rings is 1. The van der Waals surface area contributed by atoms with Gasteiger partial charge in [0.2, 0.25) is 0 Å². The third-order valence-corrected chi connectivity index (χ3v) is 2.58. The topological polar surface area (TPSA) is 79.9 Å². The Hall–Kier alpha value is -2.37. The van der Waals surface area contributed by atoms with Gasteiger partial charge in [0, 0.05) is 0 Å². The molecule has 2 N–H and O–H groups in total. The predicted octanol–water partition coefficient (Wildman–Crippen LogP) is 1.28. The molecule has 1 heterocycles. The molecule has 0 aliphatic heterocycles. The largest absolute Gasteiger partial charge is 0.481 e. The van der Waals surface area contributed by atoms with Crippen LogP contribution in [0.3, 0.4) is 0 Å². The van der Waals surface area contributed by atoms with Gasteiger partial charge in [-0.25, -0.2) is 4.98 Å². The zero-order valence-corrected chi connectivity index (χ0v) is 10.7. The monoisotopic (exact) mass is 260 g/mol. The summed E-state index contributed by atoms with van der Waals surface area (Å²) in [6, 6.07) is 9.29. The Morgan fingerprint density at radius 1 is 1.42 bits per heavy atom. The highest BCUT2D eigenvalue weighted by Gasteiger charge is 2.18. The predicted molar refractivity (Wildman–Crippen MR) is 69.4 cm³/mol. The van der Waals surface area contributed by atoms with Crippen molar-refractivity contribution in [1.29, 1.82) is 0 Å². The van der Waals surface area contributed by atoms with Crippen LogP contribution in [0.2, 0.25) is 0 Å². The van der Waals surface area contributed by atoms with Crippen molar-refractivity contribution in [2.45, 2.75) is 26.0 Å². The molecule has 0 aliphatic rings. The van der Waals surface area contributed by atoms with E-state index in [1.807, 2.05) is 37.3 Å². The summed E-state index contributed by atoms with van der Waals surface area (Å²) in [5.74, 6) is 1.13. The van der Waals surface area contributed by atoms with Gasteiger partial charge in [-0.3, -0.25) is 9.89 Å². The number of amides is 1. The molecule has 0 spiro atoms. The minimum absolute atomic E-state index is 0.164. The molecule has 100 valence electrons. The molecule has 6 nitrogen and oxygen atoms in total. The molecule has 0 aliphatic carbocycles. The van der Waals surface area contributed by atoms with Gasteiger partial charge in [0.1, 0.15) is 17.9 Å². The average molecular weight is 260 g/mol. The maximum Gasteiger partial charge on any atom is 0.261 e. The lowest BCUT2D eigenvalue weighted by Gasteiger charge is -2.16. The number of aromatic amines is 1. The fourth-order valence-electron chi connectivity index (χ4n) is 1.59. The molecule has 1 atom stereocenters. The van der Waals surface area contributed by atoms with E-state index in [0.717, 1.165) is 0 Å². The molecule has 2 rings (SSSR count). The summed E-state index contributed by atoms with van der Waals surface area (Å²) in [6.45, 7) is 2.22. The number of para-hydroxylation sites is 1. The molecule has 0 radical (unpaired) electrons. The summed E-state index contributed by atoms with van der Waals surface area (Å²) < 4.78 is 5.64. The number of ether oxygens (including phenoxy) is 1. The summed E-state index contributed by atoms with van der Waals surface area (Å²) >= 11 is 0. The third kappa shape index (κ3) is 3.80. The van der Waals surface area contributed by atoms with Crippen molar-refractivity contribution in [2.24, 2.45) is 0 Å². The number of nitrogens with zero attached hydrogens (tertiary/aromatic N) is 2. The number of hydrogen-bond donors (Lipinski definition) is 2. The number of carbonyl (C=O) groups is 1. The normalized spacial score (nSPS) is 11.8. The van der Waals surface area contributed by atoms with Crippen molar-refractivity contribution in [2.75, 3.05) is 0 Å². The van der Waals surface area contributed by atoms with Gasteiger partial charge in [-0.15, -0.1) is 0 Å². The molecule has 6 heteroatoms. The standard InChI is InChI=1S/C13H16N4O2/c1-2-11(19-10-6-4-3-5-7-10)13(18)14-8-12-15-9-16-17-12/h3-7,9,11H,2,8H2,1H3,(H,14,18)(H,15,16,17). The quantitative estimate of drug-likeness (QED) is 0.820. The van der Waals surface area contributed by atoms with Crippen molar-refractivity contribution < 1.29 is 9.53 Å². The molecule has 1 aromatic heterocycles. The van der Waals surface area contributed by atoms with Crippen LogP contribution in [0.5, 0.6) is 5.75 Å². The van der Waals surface area contributed by atoms with E-state index in [2.05, 4.69) is 20.5 Å². The number of aromatic nitrogens is 3.